The van der Waals surface area contributed by atoms with Gasteiger partial charge < -0.3 is 0 Å². The maximum atomic E-state index is 11.7. The summed E-state index contributed by atoms with van der Waals surface area (Å²) >= 11 is 1.50. The van der Waals surface area contributed by atoms with Crippen LogP contribution in [0.3, 0.4) is 0 Å². The second kappa shape index (κ2) is 5.25. The minimum Gasteiger partial charge on any atom is -0.293 e. The molecule has 78 valence electrons. The van der Waals surface area contributed by atoms with Gasteiger partial charge in [0.1, 0.15) is 0 Å². The lowest BCUT2D eigenvalue weighted by atomic mass is 9.99. The van der Waals surface area contributed by atoms with Crippen molar-refractivity contribution in [1.82, 2.24) is 4.98 Å². The van der Waals surface area contributed by atoms with Crippen molar-refractivity contribution in [3.8, 4) is 0 Å². The highest BCUT2D eigenvalue weighted by Gasteiger charge is 2.12. The second-order valence-corrected chi connectivity index (χ2v) is 5.00. The Morgan fingerprint density at radius 1 is 1.64 bits per heavy atom. The van der Waals surface area contributed by atoms with Crippen molar-refractivity contribution in [3.05, 3.63) is 16.1 Å². The SMILES string of the molecule is CCCC(C)CC(=O)c1cnc(C)s1. The lowest BCUT2D eigenvalue weighted by molar-refractivity contribution is 0.0966. The molecule has 0 amide bonds. The largest absolute Gasteiger partial charge is 0.293 e. The molecule has 0 aliphatic carbocycles. The van der Waals surface area contributed by atoms with Crippen LogP contribution in [0.2, 0.25) is 0 Å². The van der Waals surface area contributed by atoms with Gasteiger partial charge in [-0.05, 0) is 12.8 Å². The Morgan fingerprint density at radius 3 is 2.86 bits per heavy atom. The van der Waals surface area contributed by atoms with E-state index < -0.39 is 0 Å². The third-order valence-electron chi connectivity index (χ3n) is 2.21. The third-order valence-corrected chi connectivity index (χ3v) is 3.17. The summed E-state index contributed by atoms with van der Waals surface area (Å²) in [7, 11) is 0. The molecule has 2 nitrogen and oxygen atoms in total. The van der Waals surface area contributed by atoms with E-state index in [0.29, 0.717) is 12.3 Å². The van der Waals surface area contributed by atoms with Crippen molar-refractivity contribution in [1.29, 1.82) is 0 Å². The van der Waals surface area contributed by atoms with E-state index in [4.69, 9.17) is 0 Å². The van der Waals surface area contributed by atoms with Crippen molar-refractivity contribution in [3.63, 3.8) is 0 Å². The molecule has 1 aromatic heterocycles. The number of hydrogen-bond acceptors (Lipinski definition) is 3. The van der Waals surface area contributed by atoms with Crippen LogP contribution in [0.25, 0.3) is 0 Å². The van der Waals surface area contributed by atoms with Gasteiger partial charge in [0, 0.05) is 12.6 Å². The fourth-order valence-corrected chi connectivity index (χ4v) is 2.23. The van der Waals surface area contributed by atoms with Gasteiger partial charge in [0.2, 0.25) is 0 Å². The summed E-state index contributed by atoms with van der Waals surface area (Å²) in [5.41, 5.74) is 0. The zero-order valence-electron chi connectivity index (χ0n) is 9.04. The molecule has 0 aromatic carbocycles. The average Bonchev–Trinajstić information content (AvgIpc) is 2.52. The zero-order chi connectivity index (χ0) is 10.6. The third kappa shape index (κ3) is 3.22. The maximum absolute atomic E-state index is 11.7. The number of aryl methyl sites for hydroxylation is 1. The van der Waals surface area contributed by atoms with Gasteiger partial charge >= 0.3 is 0 Å². The summed E-state index contributed by atoms with van der Waals surface area (Å²) in [5.74, 6) is 0.742. The summed E-state index contributed by atoms with van der Waals surface area (Å²) in [4.78, 5) is 16.6. The number of Topliss-reactive ketones (excluding diaryl/α,β-unsaturated/α-hetero) is 1. The van der Waals surface area contributed by atoms with Crippen LogP contribution in [0.1, 0.15) is 47.8 Å². The standard InChI is InChI=1S/C11H17NOS/c1-4-5-8(2)6-10(13)11-7-12-9(3)14-11/h7-8H,4-6H2,1-3H3. The fraction of sp³-hybridized carbons (Fsp3) is 0.636. The van der Waals surface area contributed by atoms with Crippen LogP contribution in [0.15, 0.2) is 6.20 Å². The van der Waals surface area contributed by atoms with E-state index in [9.17, 15) is 4.79 Å². The van der Waals surface area contributed by atoms with Crippen LogP contribution >= 0.6 is 11.3 Å². The van der Waals surface area contributed by atoms with Gasteiger partial charge in [-0.25, -0.2) is 4.98 Å². The Kier molecular flexibility index (Phi) is 4.26. The maximum Gasteiger partial charge on any atom is 0.174 e. The smallest absolute Gasteiger partial charge is 0.174 e. The Hall–Kier alpha value is -0.700. The fourth-order valence-electron chi connectivity index (χ4n) is 1.50. The molecule has 0 spiro atoms. The first-order chi connectivity index (χ1) is 6.63. The van der Waals surface area contributed by atoms with E-state index in [1.54, 1.807) is 6.20 Å². The molecule has 1 aromatic rings. The van der Waals surface area contributed by atoms with Crippen molar-refractivity contribution in [2.75, 3.05) is 0 Å². The summed E-state index contributed by atoms with van der Waals surface area (Å²) in [6.45, 7) is 6.21. The molecular weight excluding hydrogens is 194 g/mol. The number of carbonyl (C=O) groups excluding carboxylic acids is 1. The predicted molar refractivity (Wildman–Crippen MR) is 59.9 cm³/mol. The molecule has 0 saturated heterocycles. The first-order valence-electron chi connectivity index (χ1n) is 5.09. The lowest BCUT2D eigenvalue weighted by Gasteiger charge is -2.06. The number of rotatable bonds is 5. The Morgan fingerprint density at radius 2 is 2.36 bits per heavy atom. The van der Waals surface area contributed by atoms with Crippen molar-refractivity contribution < 1.29 is 4.79 Å². The molecule has 0 saturated carbocycles. The van der Waals surface area contributed by atoms with Crippen molar-refractivity contribution in [2.24, 2.45) is 5.92 Å². The van der Waals surface area contributed by atoms with Gasteiger partial charge in [0.05, 0.1) is 9.88 Å². The molecule has 0 aliphatic rings. The number of aromatic nitrogens is 1. The van der Waals surface area contributed by atoms with Crippen LogP contribution in [-0.2, 0) is 0 Å². The Balaban J connectivity index is 2.50. The van der Waals surface area contributed by atoms with Crippen LogP contribution < -0.4 is 0 Å². The van der Waals surface area contributed by atoms with E-state index in [-0.39, 0.29) is 5.78 Å². The first-order valence-corrected chi connectivity index (χ1v) is 5.90. The zero-order valence-corrected chi connectivity index (χ0v) is 9.86. The van der Waals surface area contributed by atoms with Crippen molar-refractivity contribution >= 4 is 17.1 Å². The molecule has 0 N–H and O–H groups in total. The lowest BCUT2D eigenvalue weighted by Crippen LogP contribution is -2.04. The molecule has 1 unspecified atom stereocenters. The number of carbonyl (C=O) groups is 1. The highest BCUT2D eigenvalue weighted by atomic mass is 32.1. The number of hydrogen-bond donors (Lipinski definition) is 0. The van der Waals surface area contributed by atoms with Gasteiger partial charge in [-0.1, -0.05) is 26.7 Å². The van der Waals surface area contributed by atoms with E-state index in [1.165, 1.54) is 11.3 Å². The highest BCUT2D eigenvalue weighted by molar-refractivity contribution is 7.13. The molecule has 3 heteroatoms. The Labute approximate surface area is 89.4 Å². The molecule has 1 rings (SSSR count). The van der Waals surface area contributed by atoms with Gasteiger partial charge in [0.25, 0.3) is 0 Å². The second-order valence-electron chi connectivity index (χ2n) is 3.76. The van der Waals surface area contributed by atoms with Gasteiger partial charge in [0.15, 0.2) is 5.78 Å². The molecule has 14 heavy (non-hydrogen) atoms. The van der Waals surface area contributed by atoms with E-state index in [2.05, 4.69) is 18.8 Å². The van der Waals surface area contributed by atoms with E-state index >= 15 is 0 Å². The van der Waals surface area contributed by atoms with Crippen LogP contribution in [0, 0.1) is 12.8 Å². The van der Waals surface area contributed by atoms with E-state index in [0.717, 1.165) is 22.7 Å². The molecule has 0 bridgehead atoms. The molecule has 1 heterocycles. The van der Waals surface area contributed by atoms with E-state index in [1.807, 2.05) is 6.92 Å². The van der Waals surface area contributed by atoms with Gasteiger partial charge in [-0.3, -0.25) is 4.79 Å². The summed E-state index contributed by atoms with van der Waals surface area (Å²) in [6, 6.07) is 0. The normalized spacial score (nSPS) is 12.8. The number of thiazole rings is 1. The molecular formula is C11H17NOS. The molecule has 0 radical (unpaired) electrons. The minimum atomic E-state index is 0.247. The molecule has 1 atom stereocenters. The van der Waals surface area contributed by atoms with Crippen LogP contribution in [-0.4, -0.2) is 10.8 Å². The predicted octanol–water partition coefficient (Wildman–Crippen LogP) is 3.46. The van der Waals surface area contributed by atoms with Crippen LogP contribution in [0.5, 0.6) is 0 Å². The quantitative estimate of drug-likeness (QED) is 0.698. The average molecular weight is 211 g/mol. The summed E-state index contributed by atoms with van der Waals surface area (Å²) in [6.07, 6.45) is 4.64. The highest BCUT2D eigenvalue weighted by Crippen LogP contribution is 2.18. The monoisotopic (exact) mass is 211 g/mol. The van der Waals surface area contributed by atoms with Gasteiger partial charge in [-0.2, -0.15) is 0 Å². The van der Waals surface area contributed by atoms with Crippen LogP contribution in [0.4, 0.5) is 0 Å². The van der Waals surface area contributed by atoms with Crippen molar-refractivity contribution in [2.45, 2.75) is 40.0 Å². The molecule has 0 fully saturated rings. The topological polar surface area (TPSA) is 30.0 Å². The first kappa shape index (κ1) is 11.4. The minimum absolute atomic E-state index is 0.247. The van der Waals surface area contributed by atoms with Gasteiger partial charge in [-0.15, -0.1) is 11.3 Å². The Bertz CT molecular complexity index is 306. The number of nitrogens with zero attached hydrogens (tertiary/aromatic N) is 1. The summed E-state index contributed by atoms with van der Waals surface area (Å²) < 4.78 is 0. The molecule has 0 aliphatic heterocycles. The summed E-state index contributed by atoms with van der Waals surface area (Å²) in [5, 5.41) is 0.969. The number of ketones is 1.